The fourth-order valence-electron chi connectivity index (χ4n) is 2.12. The van der Waals surface area contributed by atoms with Gasteiger partial charge in [0.15, 0.2) is 11.5 Å². The van der Waals surface area contributed by atoms with Gasteiger partial charge in [-0.25, -0.2) is 0 Å². The zero-order valence-electron chi connectivity index (χ0n) is 11.9. The quantitative estimate of drug-likeness (QED) is 0.615. The van der Waals surface area contributed by atoms with Crippen LogP contribution in [-0.4, -0.2) is 14.2 Å². The molecule has 2 aromatic carbocycles. The second-order valence-corrected chi connectivity index (χ2v) is 6.35. The smallest absolute Gasteiger partial charge is 0.162 e. The molecule has 0 saturated heterocycles. The van der Waals surface area contributed by atoms with E-state index in [2.05, 4.69) is 15.9 Å². The van der Waals surface area contributed by atoms with Gasteiger partial charge in [0.25, 0.3) is 0 Å². The van der Waals surface area contributed by atoms with Crippen LogP contribution in [0.15, 0.2) is 30.3 Å². The number of rotatable bonds is 4. The molecule has 1 unspecified atom stereocenters. The van der Waals surface area contributed by atoms with Gasteiger partial charge in [0.05, 0.1) is 19.0 Å². The Morgan fingerprint density at radius 2 is 1.57 bits per heavy atom. The zero-order valence-corrected chi connectivity index (χ0v) is 15.0. The minimum absolute atomic E-state index is 0.0801. The van der Waals surface area contributed by atoms with Gasteiger partial charge < -0.3 is 9.47 Å². The van der Waals surface area contributed by atoms with E-state index in [1.54, 1.807) is 20.3 Å². The summed E-state index contributed by atoms with van der Waals surface area (Å²) in [6.45, 7) is 2.04. The van der Waals surface area contributed by atoms with Gasteiger partial charge in [0.2, 0.25) is 0 Å². The van der Waals surface area contributed by atoms with E-state index in [0.29, 0.717) is 21.5 Å². The van der Waals surface area contributed by atoms with Crippen molar-refractivity contribution in [3.8, 4) is 11.5 Å². The lowest BCUT2D eigenvalue weighted by molar-refractivity contribution is 0.354. The fraction of sp³-hybridized carbons (Fsp3) is 0.250. The maximum atomic E-state index is 6.38. The summed E-state index contributed by atoms with van der Waals surface area (Å²) in [6.07, 6.45) is 0. The van der Waals surface area contributed by atoms with Crippen LogP contribution < -0.4 is 9.47 Å². The van der Waals surface area contributed by atoms with Crippen molar-refractivity contribution >= 4 is 39.1 Å². The lowest BCUT2D eigenvalue weighted by Gasteiger charge is -2.18. The first-order valence-corrected chi connectivity index (χ1v) is 7.96. The second kappa shape index (κ2) is 6.91. The molecule has 0 spiro atoms. The second-order valence-electron chi connectivity index (χ2n) is 4.59. The Kier molecular flexibility index (Phi) is 5.42. The van der Waals surface area contributed by atoms with E-state index in [-0.39, 0.29) is 4.83 Å². The molecule has 0 saturated carbocycles. The topological polar surface area (TPSA) is 18.5 Å². The molecule has 0 aliphatic rings. The maximum absolute atomic E-state index is 6.38. The summed E-state index contributed by atoms with van der Waals surface area (Å²) in [7, 11) is 3.18. The molecule has 2 aromatic rings. The number of ether oxygens (including phenoxy) is 2. The Labute approximate surface area is 143 Å². The van der Waals surface area contributed by atoms with Crippen molar-refractivity contribution in [3.05, 3.63) is 57.1 Å². The number of hydrogen-bond acceptors (Lipinski definition) is 2. The van der Waals surface area contributed by atoms with E-state index < -0.39 is 0 Å². The Morgan fingerprint density at radius 3 is 2.19 bits per heavy atom. The van der Waals surface area contributed by atoms with Gasteiger partial charge in [0, 0.05) is 16.1 Å². The lowest BCUT2D eigenvalue weighted by Crippen LogP contribution is -1.99. The summed E-state index contributed by atoms with van der Waals surface area (Å²) >= 11 is 16.2. The molecule has 0 heterocycles. The molecule has 1 atom stereocenters. The first-order valence-electron chi connectivity index (χ1n) is 6.29. The molecule has 0 aliphatic heterocycles. The van der Waals surface area contributed by atoms with Gasteiger partial charge in [-0.3, -0.25) is 0 Å². The summed E-state index contributed by atoms with van der Waals surface area (Å²) in [4.78, 5) is -0.0801. The van der Waals surface area contributed by atoms with Crippen LogP contribution in [0.3, 0.4) is 0 Å². The van der Waals surface area contributed by atoms with Gasteiger partial charge in [-0.1, -0.05) is 45.2 Å². The third-order valence-corrected chi connectivity index (χ3v) is 4.84. The van der Waals surface area contributed by atoms with Gasteiger partial charge in [0.1, 0.15) is 0 Å². The minimum Gasteiger partial charge on any atom is -0.493 e. The number of hydrogen-bond donors (Lipinski definition) is 0. The predicted octanol–water partition coefficient (Wildman–Crippen LogP) is 5.80. The van der Waals surface area contributed by atoms with Crippen molar-refractivity contribution in [2.75, 3.05) is 14.2 Å². The maximum Gasteiger partial charge on any atom is 0.162 e. The normalized spacial score (nSPS) is 12.1. The summed E-state index contributed by atoms with van der Waals surface area (Å²) in [6, 6.07) is 9.42. The average Bonchev–Trinajstić information content (AvgIpc) is 2.48. The van der Waals surface area contributed by atoms with Crippen molar-refractivity contribution in [3.63, 3.8) is 0 Å². The Morgan fingerprint density at radius 1 is 0.952 bits per heavy atom. The average molecular weight is 390 g/mol. The first kappa shape index (κ1) is 16.5. The highest BCUT2D eigenvalue weighted by Gasteiger charge is 2.19. The zero-order chi connectivity index (χ0) is 15.6. The van der Waals surface area contributed by atoms with Crippen molar-refractivity contribution in [1.82, 2.24) is 0 Å². The molecule has 0 radical (unpaired) electrons. The molecule has 5 heteroatoms. The number of benzene rings is 2. The van der Waals surface area contributed by atoms with Gasteiger partial charge in [-0.15, -0.1) is 0 Å². The molecule has 0 aromatic heterocycles. The van der Waals surface area contributed by atoms with Crippen LogP contribution in [0, 0.1) is 6.92 Å². The van der Waals surface area contributed by atoms with Crippen LogP contribution in [0.2, 0.25) is 10.0 Å². The number of aryl methyl sites for hydroxylation is 1. The molecule has 112 valence electrons. The number of alkyl halides is 1. The standard InChI is InChI=1S/C16H15BrCl2O2/c1-9-4-5-10(18)6-11(9)16(17)12-7-14(20-2)15(21-3)8-13(12)19/h4-8,16H,1-3H3. The highest BCUT2D eigenvalue weighted by atomic mass is 79.9. The van der Waals surface area contributed by atoms with Crippen LogP contribution in [0.25, 0.3) is 0 Å². The van der Waals surface area contributed by atoms with Crippen molar-refractivity contribution in [2.45, 2.75) is 11.8 Å². The molecular formula is C16H15BrCl2O2. The van der Waals surface area contributed by atoms with Crippen LogP contribution in [-0.2, 0) is 0 Å². The van der Waals surface area contributed by atoms with Gasteiger partial charge >= 0.3 is 0 Å². The summed E-state index contributed by atoms with van der Waals surface area (Å²) in [5.74, 6) is 1.25. The van der Waals surface area contributed by atoms with Crippen LogP contribution in [0.1, 0.15) is 21.5 Å². The van der Waals surface area contributed by atoms with Crippen LogP contribution in [0.5, 0.6) is 11.5 Å². The van der Waals surface area contributed by atoms with Crippen molar-refractivity contribution < 1.29 is 9.47 Å². The Bertz CT molecular complexity index is 659. The first-order chi connectivity index (χ1) is 9.97. The molecule has 0 bridgehead atoms. The predicted molar refractivity (Wildman–Crippen MR) is 91.5 cm³/mol. The number of methoxy groups -OCH3 is 2. The molecule has 2 nitrogen and oxygen atoms in total. The molecule has 0 amide bonds. The Hall–Kier alpha value is -0.900. The lowest BCUT2D eigenvalue weighted by atomic mass is 10.00. The molecule has 2 rings (SSSR count). The third kappa shape index (κ3) is 3.47. The molecule has 0 N–H and O–H groups in total. The Balaban J connectivity index is 2.52. The third-order valence-electron chi connectivity index (χ3n) is 3.29. The largest absolute Gasteiger partial charge is 0.493 e. The van der Waals surface area contributed by atoms with Crippen LogP contribution >= 0.6 is 39.1 Å². The SMILES string of the molecule is COc1cc(Cl)c(C(Br)c2cc(Cl)ccc2C)cc1OC. The monoisotopic (exact) mass is 388 g/mol. The minimum atomic E-state index is -0.0801. The van der Waals surface area contributed by atoms with E-state index >= 15 is 0 Å². The van der Waals surface area contributed by atoms with E-state index in [1.165, 1.54) is 0 Å². The van der Waals surface area contributed by atoms with Crippen molar-refractivity contribution in [1.29, 1.82) is 0 Å². The summed E-state index contributed by atoms with van der Waals surface area (Å²) < 4.78 is 10.6. The highest BCUT2D eigenvalue weighted by molar-refractivity contribution is 9.09. The van der Waals surface area contributed by atoms with E-state index in [9.17, 15) is 0 Å². The molecule has 0 fully saturated rings. The van der Waals surface area contributed by atoms with Crippen LogP contribution in [0.4, 0.5) is 0 Å². The number of halogens is 3. The van der Waals surface area contributed by atoms with E-state index in [1.807, 2.05) is 31.2 Å². The van der Waals surface area contributed by atoms with E-state index in [4.69, 9.17) is 32.7 Å². The highest BCUT2D eigenvalue weighted by Crippen LogP contribution is 2.42. The summed E-state index contributed by atoms with van der Waals surface area (Å²) in [5.41, 5.74) is 3.10. The van der Waals surface area contributed by atoms with Gasteiger partial charge in [-0.05, 0) is 41.8 Å². The summed E-state index contributed by atoms with van der Waals surface area (Å²) in [5, 5.41) is 1.30. The molecule has 0 aliphatic carbocycles. The van der Waals surface area contributed by atoms with E-state index in [0.717, 1.165) is 16.7 Å². The molecule has 21 heavy (non-hydrogen) atoms. The fourth-order valence-corrected chi connectivity index (χ4v) is 3.56. The van der Waals surface area contributed by atoms with Gasteiger partial charge in [-0.2, -0.15) is 0 Å². The molecular weight excluding hydrogens is 375 g/mol. The van der Waals surface area contributed by atoms with Crippen molar-refractivity contribution in [2.24, 2.45) is 0 Å².